The molecule has 0 amide bonds. The van der Waals surface area contributed by atoms with Crippen LogP contribution in [0.15, 0.2) is 206 Å². The minimum absolute atomic E-state index is 0.000487. The molecule has 0 radical (unpaired) electrons. The van der Waals surface area contributed by atoms with E-state index < -0.39 is 0 Å². The predicted molar refractivity (Wildman–Crippen MR) is 306 cm³/mol. The summed E-state index contributed by atoms with van der Waals surface area (Å²) in [6.07, 6.45) is 0. The summed E-state index contributed by atoms with van der Waals surface area (Å²) >= 11 is 0. The maximum absolute atomic E-state index is 2.54. The SMILES string of the molecule is Cc1ccc(N2c3cccc(c3)N(c3c4ccccc4c(-c4ccccc4)c4ccccc34)c3cccc(c3)N(c3ccc(C)cc3C)c3cc2c2ccc4cc(C(C)(C)C)cc5ccc3c2c45)c(C)c1. The standard InChI is InChI=1S/C68H55N3/c1-42-27-33-60(44(3)35-42)70-52-21-15-19-50(39-52)69(67-56-25-13-11-23-54(56)65(46-17-9-8-10-18-46)55-24-12-14-26-57(55)67)51-20-16-22-53(40-51)71(61-34-28-43(2)36-45(61)4)63-41-62(70)58-31-29-47-37-49(68(5,6)7)38-48-30-32-59(63)66(58)64(47)48/h8-41H,1-7H3. The van der Waals surface area contributed by atoms with Crippen LogP contribution in [0.25, 0.3) is 65.0 Å². The number of aryl methyl sites for hydroxylation is 4. The lowest BCUT2D eigenvalue weighted by atomic mass is 9.83. The van der Waals surface area contributed by atoms with Crippen molar-refractivity contribution in [2.24, 2.45) is 0 Å². The molecule has 0 spiro atoms. The van der Waals surface area contributed by atoms with Gasteiger partial charge in [0.2, 0.25) is 0 Å². The zero-order valence-corrected chi connectivity index (χ0v) is 41.5. The van der Waals surface area contributed by atoms with Gasteiger partial charge in [0, 0.05) is 61.1 Å². The minimum atomic E-state index is 0.000487. The Morgan fingerprint density at radius 1 is 0.324 bits per heavy atom. The molecule has 0 aromatic heterocycles. The zero-order chi connectivity index (χ0) is 48.3. The smallest absolute Gasteiger partial charge is 0.0618 e. The zero-order valence-electron chi connectivity index (χ0n) is 41.5. The lowest BCUT2D eigenvalue weighted by Crippen LogP contribution is -2.18. The third-order valence-corrected chi connectivity index (χ3v) is 15.1. The first kappa shape index (κ1) is 42.7. The van der Waals surface area contributed by atoms with Crippen LogP contribution in [-0.4, -0.2) is 0 Å². The Bertz CT molecular complexity index is 3870. The highest BCUT2D eigenvalue weighted by Gasteiger charge is 2.30. The van der Waals surface area contributed by atoms with Gasteiger partial charge in [-0.3, -0.25) is 0 Å². The number of nitrogens with zero attached hydrogens (tertiary/aromatic N) is 3. The van der Waals surface area contributed by atoms with Crippen molar-refractivity contribution in [1.82, 2.24) is 0 Å². The van der Waals surface area contributed by atoms with Gasteiger partial charge < -0.3 is 14.7 Å². The lowest BCUT2D eigenvalue weighted by Gasteiger charge is -2.36. The van der Waals surface area contributed by atoms with Gasteiger partial charge >= 0.3 is 0 Å². The van der Waals surface area contributed by atoms with Crippen molar-refractivity contribution >= 4 is 105 Å². The van der Waals surface area contributed by atoms with Gasteiger partial charge in [-0.1, -0.05) is 184 Å². The third kappa shape index (κ3) is 6.78. The Balaban J connectivity index is 1.20. The third-order valence-electron chi connectivity index (χ3n) is 15.1. The number of rotatable bonds is 4. The summed E-state index contributed by atoms with van der Waals surface area (Å²) in [5, 5.41) is 12.4. The van der Waals surface area contributed by atoms with Crippen LogP contribution in [0.1, 0.15) is 48.6 Å². The van der Waals surface area contributed by atoms with Crippen LogP contribution >= 0.6 is 0 Å². The number of anilines is 9. The summed E-state index contributed by atoms with van der Waals surface area (Å²) in [5.74, 6) is 0. The number of hydrogen-bond acceptors (Lipinski definition) is 3. The highest BCUT2D eigenvalue weighted by atomic mass is 15.2. The van der Waals surface area contributed by atoms with Gasteiger partial charge in [-0.05, 0) is 142 Å². The first-order chi connectivity index (χ1) is 34.5. The van der Waals surface area contributed by atoms with E-state index in [4.69, 9.17) is 0 Å². The molecule has 0 aliphatic carbocycles. The van der Waals surface area contributed by atoms with Crippen LogP contribution in [0.3, 0.4) is 0 Å². The van der Waals surface area contributed by atoms with Gasteiger partial charge in [-0.2, -0.15) is 0 Å². The van der Waals surface area contributed by atoms with Gasteiger partial charge in [0.1, 0.15) is 0 Å². The first-order valence-corrected chi connectivity index (χ1v) is 25.0. The fourth-order valence-electron chi connectivity index (χ4n) is 11.8. The summed E-state index contributed by atoms with van der Waals surface area (Å²) in [7, 11) is 0. The van der Waals surface area contributed by atoms with Crippen LogP contribution in [0.4, 0.5) is 51.2 Å². The Kier molecular flexibility index (Phi) is 9.67. The molecule has 0 saturated heterocycles. The summed E-state index contributed by atoms with van der Waals surface area (Å²) in [6.45, 7) is 15.9. The largest absolute Gasteiger partial charge is 0.309 e. The highest BCUT2D eigenvalue weighted by Crippen LogP contribution is 2.55. The highest BCUT2D eigenvalue weighted by molar-refractivity contribution is 6.29. The van der Waals surface area contributed by atoms with E-state index in [-0.39, 0.29) is 5.41 Å². The molecule has 13 rings (SSSR count). The number of benzene rings is 12. The van der Waals surface area contributed by atoms with Crippen LogP contribution in [0, 0.1) is 27.7 Å². The molecule has 0 fully saturated rings. The average Bonchev–Trinajstić information content (AvgIpc) is 3.37. The van der Waals surface area contributed by atoms with Crippen molar-refractivity contribution in [3.05, 3.63) is 234 Å². The molecule has 1 aliphatic heterocycles. The molecule has 3 nitrogen and oxygen atoms in total. The first-order valence-electron chi connectivity index (χ1n) is 25.0. The van der Waals surface area contributed by atoms with Gasteiger partial charge in [-0.15, -0.1) is 0 Å². The van der Waals surface area contributed by atoms with Crippen molar-refractivity contribution in [3.63, 3.8) is 0 Å². The van der Waals surface area contributed by atoms with E-state index in [0.29, 0.717) is 0 Å². The minimum Gasteiger partial charge on any atom is -0.309 e. The second-order valence-electron chi connectivity index (χ2n) is 20.9. The van der Waals surface area contributed by atoms with Gasteiger partial charge in [0.15, 0.2) is 0 Å². The quantitative estimate of drug-likeness (QED) is 0.129. The Morgan fingerprint density at radius 2 is 0.775 bits per heavy atom. The van der Waals surface area contributed by atoms with Crippen molar-refractivity contribution in [2.45, 2.75) is 53.9 Å². The van der Waals surface area contributed by atoms with Crippen LogP contribution in [0.5, 0.6) is 0 Å². The second-order valence-corrected chi connectivity index (χ2v) is 20.9. The Morgan fingerprint density at radius 3 is 1.24 bits per heavy atom. The predicted octanol–water partition coefficient (Wildman–Crippen LogP) is 19.8. The molecule has 71 heavy (non-hydrogen) atoms. The summed E-state index contributed by atoms with van der Waals surface area (Å²) < 4.78 is 0. The van der Waals surface area contributed by atoms with Crippen molar-refractivity contribution in [3.8, 4) is 11.1 Å². The van der Waals surface area contributed by atoms with Crippen molar-refractivity contribution in [2.75, 3.05) is 14.7 Å². The molecule has 12 aromatic rings. The normalized spacial score (nSPS) is 12.9. The summed E-state index contributed by atoms with van der Waals surface area (Å²) in [6, 6.07) is 78.0. The molecule has 0 saturated carbocycles. The molecule has 3 heteroatoms. The number of fused-ring (bicyclic) bond motifs is 10. The van der Waals surface area contributed by atoms with Crippen molar-refractivity contribution in [1.29, 1.82) is 0 Å². The molecular formula is C68H55N3. The molecule has 12 aromatic carbocycles. The molecule has 342 valence electrons. The van der Waals surface area contributed by atoms with Gasteiger partial charge in [-0.25, -0.2) is 0 Å². The monoisotopic (exact) mass is 913 g/mol. The fraction of sp³-hybridized carbons (Fsp3) is 0.118. The van der Waals surface area contributed by atoms with Gasteiger partial charge in [0.25, 0.3) is 0 Å². The molecule has 1 heterocycles. The molecule has 0 atom stereocenters. The van der Waals surface area contributed by atoms with E-state index in [1.165, 1.54) is 92.8 Å². The molecule has 6 bridgehead atoms. The van der Waals surface area contributed by atoms with Crippen LogP contribution in [-0.2, 0) is 5.41 Å². The van der Waals surface area contributed by atoms with Crippen molar-refractivity contribution < 1.29 is 0 Å². The lowest BCUT2D eigenvalue weighted by molar-refractivity contribution is 0.591. The van der Waals surface area contributed by atoms with E-state index >= 15 is 0 Å². The fourth-order valence-corrected chi connectivity index (χ4v) is 11.8. The molecular weight excluding hydrogens is 859 g/mol. The van der Waals surface area contributed by atoms with Crippen LogP contribution in [0.2, 0.25) is 0 Å². The maximum atomic E-state index is 2.54. The maximum Gasteiger partial charge on any atom is 0.0618 e. The summed E-state index contributed by atoms with van der Waals surface area (Å²) in [5.41, 5.74) is 18.7. The van der Waals surface area contributed by atoms with E-state index in [2.05, 4.69) is 269 Å². The topological polar surface area (TPSA) is 9.72 Å². The Labute approximate surface area is 416 Å². The summed E-state index contributed by atoms with van der Waals surface area (Å²) in [4.78, 5) is 7.60. The van der Waals surface area contributed by atoms with Gasteiger partial charge in [0.05, 0.1) is 17.1 Å². The molecule has 0 unspecified atom stereocenters. The number of hydrogen-bond donors (Lipinski definition) is 0. The molecule has 0 N–H and O–H groups in total. The Hall–Kier alpha value is -8.40. The van der Waals surface area contributed by atoms with E-state index in [9.17, 15) is 0 Å². The van der Waals surface area contributed by atoms with E-state index in [0.717, 1.165) is 51.2 Å². The second kappa shape index (κ2) is 16.1. The van der Waals surface area contributed by atoms with E-state index in [1.54, 1.807) is 0 Å². The van der Waals surface area contributed by atoms with Crippen LogP contribution < -0.4 is 14.7 Å². The average molecular weight is 914 g/mol. The molecule has 1 aliphatic rings. The van der Waals surface area contributed by atoms with E-state index in [1.807, 2.05) is 0 Å².